The van der Waals surface area contributed by atoms with Crippen LogP contribution in [0.1, 0.15) is 18.9 Å². The zero-order chi connectivity index (χ0) is 10.6. The number of aliphatic carboxylic acids is 1. The molecule has 0 saturated heterocycles. The molecule has 1 N–H and O–H groups in total. The molecule has 0 aliphatic rings. The Morgan fingerprint density at radius 2 is 2.29 bits per heavy atom. The predicted molar refractivity (Wildman–Crippen MR) is 60.0 cm³/mol. The minimum atomic E-state index is -0.854. The summed E-state index contributed by atoms with van der Waals surface area (Å²) in [4.78, 5) is 10.7. The fraction of sp³-hybridized carbons (Fsp3) is 0.182. The lowest BCUT2D eigenvalue weighted by Crippen LogP contribution is -1.98. The summed E-state index contributed by atoms with van der Waals surface area (Å²) in [7, 11) is 0. The Balaban J connectivity index is 3.00. The van der Waals surface area contributed by atoms with Gasteiger partial charge in [0.15, 0.2) is 0 Å². The van der Waals surface area contributed by atoms with Crippen LogP contribution in [0.15, 0.2) is 34.3 Å². The van der Waals surface area contributed by atoms with Gasteiger partial charge in [-0.05, 0) is 30.2 Å². The van der Waals surface area contributed by atoms with Gasteiger partial charge < -0.3 is 5.11 Å². The molecule has 0 radical (unpaired) electrons. The van der Waals surface area contributed by atoms with Crippen molar-refractivity contribution < 1.29 is 9.90 Å². The molecule has 0 bridgehead atoms. The largest absolute Gasteiger partial charge is 0.478 e. The molecule has 14 heavy (non-hydrogen) atoms. The summed E-state index contributed by atoms with van der Waals surface area (Å²) < 4.78 is 0.951. The van der Waals surface area contributed by atoms with Crippen LogP contribution in [0.2, 0.25) is 0 Å². The van der Waals surface area contributed by atoms with Crippen LogP contribution >= 0.6 is 15.9 Å². The Bertz CT molecular complexity index is 369. The summed E-state index contributed by atoms with van der Waals surface area (Å²) in [5, 5.41) is 8.82. The van der Waals surface area contributed by atoms with E-state index in [1.807, 2.05) is 31.2 Å². The zero-order valence-corrected chi connectivity index (χ0v) is 9.41. The van der Waals surface area contributed by atoms with Crippen LogP contribution in [0.25, 0.3) is 6.08 Å². The van der Waals surface area contributed by atoms with E-state index in [0.717, 1.165) is 10.0 Å². The standard InChI is InChI=1S/C11H11BrO2/c1-2-9(11(13)14)6-8-4-3-5-10(12)7-8/h3-7H,2H2,1H3,(H,13,14). The van der Waals surface area contributed by atoms with Crippen molar-refractivity contribution in [3.63, 3.8) is 0 Å². The minimum absolute atomic E-state index is 0.420. The van der Waals surface area contributed by atoms with Crippen molar-refractivity contribution in [1.82, 2.24) is 0 Å². The number of rotatable bonds is 3. The molecule has 0 fully saturated rings. The highest BCUT2D eigenvalue weighted by Gasteiger charge is 2.03. The molecular formula is C11H11BrO2. The molecule has 1 aromatic carbocycles. The molecular weight excluding hydrogens is 244 g/mol. The lowest BCUT2D eigenvalue weighted by molar-refractivity contribution is -0.132. The fourth-order valence-electron chi connectivity index (χ4n) is 1.11. The molecule has 0 spiro atoms. The van der Waals surface area contributed by atoms with Crippen LogP contribution in [-0.2, 0) is 4.79 Å². The maximum Gasteiger partial charge on any atom is 0.331 e. The van der Waals surface area contributed by atoms with Crippen molar-refractivity contribution >= 4 is 28.0 Å². The maximum atomic E-state index is 10.7. The summed E-state index contributed by atoms with van der Waals surface area (Å²) in [5.74, 6) is -0.854. The van der Waals surface area contributed by atoms with Gasteiger partial charge in [-0.2, -0.15) is 0 Å². The van der Waals surface area contributed by atoms with Crippen LogP contribution in [-0.4, -0.2) is 11.1 Å². The number of carbonyl (C=O) groups is 1. The van der Waals surface area contributed by atoms with Crippen LogP contribution in [0, 0.1) is 0 Å². The van der Waals surface area contributed by atoms with E-state index >= 15 is 0 Å². The Morgan fingerprint density at radius 1 is 1.57 bits per heavy atom. The van der Waals surface area contributed by atoms with Crippen LogP contribution < -0.4 is 0 Å². The van der Waals surface area contributed by atoms with Crippen molar-refractivity contribution in [2.75, 3.05) is 0 Å². The van der Waals surface area contributed by atoms with Gasteiger partial charge in [-0.1, -0.05) is 35.0 Å². The molecule has 0 aliphatic heterocycles. The predicted octanol–water partition coefficient (Wildman–Crippen LogP) is 3.33. The van der Waals surface area contributed by atoms with Crippen molar-refractivity contribution in [2.24, 2.45) is 0 Å². The number of hydrogen-bond donors (Lipinski definition) is 1. The molecule has 2 nitrogen and oxygen atoms in total. The molecule has 0 aliphatic carbocycles. The molecule has 1 rings (SSSR count). The van der Waals surface area contributed by atoms with E-state index in [-0.39, 0.29) is 0 Å². The molecule has 1 aromatic rings. The molecule has 0 unspecified atom stereocenters. The average Bonchev–Trinajstić information content (AvgIpc) is 2.14. The van der Waals surface area contributed by atoms with E-state index in [9.17, 15) is 4.79 Å². The van der Waals surface area contributed by atoms with Crippen molar-refractivity contribution in [2.45, 2.75) is 13.3 Å². The Kier molecular flexibility index (Phi) is 3.89. The fourth-order valence-corrected chi connectivity index (χ4v) is 1.53. The highest BCUT2D eigenvalue weighted by Crippen LogP contribution is 2.15. The Labute approximate surface area is 91.4 Å². The number of hydrogen-bond acceptors (Lipinski definition) is 1. The van der Waals surface area contributed by atoms with E-state index in [4.69, 9.17) is 5.11 Å². The van der Waals surface area contributed by atoms with Gasteiger partial charge in [0.05, 0.1) is 0 Å². The van der Waals surface area contributed by atoms with Gasteiger partial charge in [-0.25, -0.2) is 4.79 Å². The summed E-state index contributed by atoms with van der Waals surface area (Å²) in [6, 6.07) is 7.55. The first-order valence-corrected chi connectivity index (χ1v) is 5.12. The number of halogens is 1. The number of carboxylic acid groups (broad SMARTS) is 1. The Hall–Kier alpha value is -1.09. The third kappa shape index (κ3) is 3.00. The van der Waals surface area contributed by atoms with Gasteiger partial charge in [-0.15, -0.1) is 0 Å². The van der Waals surface area contributed by atoms with Gasteiger partial charge in [0.25, 0.3) is 0 Å². The number of benzene rings is 1. The molecule has 74 valence electrons. The third-order valence-corrected chi connectivity index (χ3v) is 2.34. The van der Waals surface area contributed by atoms with Crippen LogP contribution in [0.5, 0.6) is 0 Å². The highest BCUT2D eigenvalue weighted by molar-refractivity contribution is 9.10. The first-order chi connectivity index (χ1) is 6.63. The van der Waals surface area contributed by atoms with Crippen molar-refractivity contribution in [3.8, 4) is 0 Å². The van der Waals surface area contributed by atoms with Crippen molar-refractivity contribution in [3.05, 3.63) is 39.9 Å². The minimum Gasteiger partial charge on any atom is -0.478 e. The third-order valence-electron chi connectivity index (χ3n) is 1.85. The van der Waals surface area contributed by atoms with Gasteiger partial charge >= 0.3 is 5.97 Å². The molecule has 3 heteroatoms. The van der Waals surface area contributed by atoms with E-state index in [2.05, 4.69) is 15.9 Å². The monoisotopic (exact) mass is 254 g/mol. The molecule has 0 heterocycles. The maximum absolute atomic E-state index is 10.7. The van der Waals surface area contributed by atoms with Gasteiger partial charge in [0.2, 0.25) is 0 Å². The zero-order valence-electron chi connectivity index (χ0n) is 7.83. The van der Waals surface area contributed by atoms with Gasteiger partial charge in [-0.3, -0.25) is 0 Å². The summed E-state index contributed by atoms with van der Waals surface area (Å²) in [6.07, 6.45) is 2.22. The van der Waals surface area contributed by atoms with Crippen molar-refractivity contribution in [1.29, 1.82) is 0 Å². The van der Waals surface area contributed by atoms with E-state index in [0.29, 0.717) is 12.0 Å². The summed E-state index contributed by atoms with van der Waals surface area (Å²) >= 11 is 3.33. The molecule has 0 atom stereocenters. The number of carboxylic acids is 1. The van der Waals surface area contributed by atoms with Gasteiger partial charge in [0, 0.05) is 10.0 Å². The molecule has 0 amide bonds. The van der Waals surface area contributed by atoms with Crippen LogP contribution in [0.3, 0.4) is 0 Å². The highest BCUT2D eigenvalue weighted by atomic mass is 79.9. The topological polar surface area (TPSA) is 37.3 Å². The lowest BCUT2D eigenvalue weighted by Gasteiger charge is -1.98. The second-order valence-corrected chi connectivity index (χ2v) is 3.80. The molecule has 0 saturated carbocycles. The second kappa shape index (κ2) is 4.96. The first-order valence-electron chi connectivity index (χ1n) is 4.33. The molecule has 0 aromatic heterocycles. The summed E-state index contributed by atoms with van der Waals surface area (Å²) in [6.45, 7) is 1.83. The van der Waals surface area contributed by atoms with E-state index < -0.39 is 5.97 Å². The smallest absolute Gasteiger partial charge is 0.331 e. The average molecular weight is 255 g/mol. The normalized spacial score (nSPS) is 11.4. The SMILES string of the molecule is CCC(=Cc1cccc(Br)c1)C(=O)O. The van der Waals surface area contributed by atoms with E-state index in [1.165, 1.54) is 0 Å². The van der Waals surface area contributed by atoms with Crippen LogP contribution in [0.4, 0.5) is 0 Å². The lowest BCUT2D eigenvalue weighted by atomic mass is 10.1. The Morgan fingerprint density at radius 3 is 2.79 bits per heavy atom. The quantitative estimate of drug-likeness (QED) is 0.841. The second-order valence-electron chi connectivity index (χ2n) is 2.88. The first kappa shape index (κ1) is 11.0. The van der Waals surface area contributed by atoms with Gasteiger partial charge in [0.1, 0.15) is 0 Å². The summed E-state index contributed by atoms with van der Waals surface area (Å²) in [5.41, 5.74) is 1.32. The van der Waals surface area contributed by atoms with E-state index in [1.54, 1.807) is 6.08 Å².